The molecule has 0 radical (unpaired) electrons. The van der Waals surface area contributed by atoms with Crippen molar-refractivity contribution in [1.82, 2.24) is 9.88 Å². The van der Waals surface area contributed by atoms with Gasteiger partial charge in [0.1, 0.15) is 5.82 Å². The summed E-state index contributed by atoms with van der Waals surface area (Å²) in [5.41, 5.74) is 1.08. The monoisotopic (exact) mass is 251 g/mol. The molecule has 0 saturated carbocycles. The van der Waals surface area contributed by atoms with Crippen molar-refractivity contribution in [2.24, 2.45) is 0 Å². The van der Waals surface area contributed by atoms with Crippen LogP contribution >= 0.6 is 0 Å². The minimum absolute atomic E-state index is 0.300. The first-order valence-corrected chi connectivity index (χ1v) is 6.61. The predicted octanol–water partition coefficient (Wildman–Crippen LogP) is 2.37. The molecule has 1 rings (SSSR count). The molecule has 102 valence electrons. The Kier molecular flexibility index (Phi) is 6.68. The number of likely N-dealkylation sites (N-methyl/N-ethyl adjacent to an activating group) is 1. The van der Waals surface area contributed by atoms with Crippen molar-refractivity contribution in [2.45, 2.75) is 33.4 Å². The van der Waals surface area contributed by atoms with Gasteiger partial charge in [0.25, 0.3) is 0 Å². The molecule has 4 heteroatoms. The molecule has 1 aromatic heterocycles. The number of aromatic nitrogens is 1. The van der Waals surface area contributed by atoms with Crippen LogP contribution in [0.2, 0.25) is 0 Å². The highest BCUT2D eigenvalue weighted by molar-refractivity contribution is 5.34. The van der Waals surface area contributed by atoms with Crippen LogP contribution in [0, 0.1) is 0 Å². The summed E-state index contributed by atoms with van der Waals surface area (Å²) in [7, 11) is 2.09. The molecule has 0 aromatic carbocycles. The average Bonchev–Trinajstić information content (AvgIpc) is 2.29. The molecule has 0 fully saturated rings. The molecule has 0 saturated heterocycles. The first kappa shape index (κ1) is 14.9. The van der Waals surface area contributed by atoms with Crippen LogP contribution in [0.1, 0.15) is 26.5 Å². The van der Waals surface area contributed by atoms with Gasteiger partial charge in [-0.15, -0.1) is 0 Å². The van der Waals surface area contributed by atoms with E-state index in [4.69, 9.17) is 4.74 Å². The minimum atomic E-state index is 0.300. The summed E-state index contributed by atoms with van der Waals surface area (Å²) in [6.07, 6.45) is 0.300. The molecular weight excluding hydrogens is 226 g/mol. The number of anilines is 1. The fourth-order valence-corrected chi connectivity index (χ4v) is 1.65. The second-order valence-corrected chi connectivity index (χ2v) is 4.70. The third-order valence-electron chi connectivity index (χ3n) is 2.52. The molecule has 0 amide bonds. The number of hydrogen-bond acceptors (Lipinski definition) is 4. The molecule has 0 aliphatic carbocycles. The van der Waals surface area contributed by atoms with Crippen molar-refractivity contribution in [2.75, 3.05) is 32.1 Å². The molecule has 0 atom stereocenters. The molecule has 4 nitrogen and oxygen atoms in total. The first-order chi connectivity index (χ1) is 8.61. The standard InChI is InChI=1S/C14H25N3O/c1-5-15-14-8-6-7-13(16-14)11-17(4)9-10-18-12(2)3/h6-8,12H,5,9-11H2,1-4H3,(H,15,16). The molecule has 0 bridgehead atoms. The van der Waals surface area contributed by atoms with Gasteiger partial charge >= 0.3 is 0 Å². The summed E-state index contributed by atoms with van der Waals surface area (Å²) >= 11 is 0. The average molecular weight is 251 g/mol. The summed E-state index contributed by atoms with van der Waals surface area (Å²) in [5.74, 6) is 0.946. The lowest BCUT2D eigenvalue weighted by Gasteiger charge is -2.17. The lowest BCUT2D eigenvalue weighted by molar-refractivity contribution is 0.0625. The molecule has 0 spiro atoms. The number of pyridine rings is 1. The third-order valence-corrected chi connectivity index (χ3v) is 2.52. The Balaban J connectivity index is 2.38. The van der Waals surface area contributed by atoms with Crippen LogP contribution in [0.5, 0.6) is 0 Å². The molecular formula is C14H25N3O. The van der Waals surface area contributed by atoms with E-state index in [9.17, 15) is 0 Å². The topological polar surface area (TPSA) is 37.4 Å². The highest BCUT2D eigenvalue weighted by Gasteiger charge is 2.03. The van der Waals surface area contributed by atoms with Gasteiger partial charge in [0.15, 0.2) is 0 Å². The number of nitrogens with zero attached hydrogens (tertiary/aromatic N) is 2. The van der Waals surface area contributed by atoms with E-state index in [2.05, 4.69) is 49.1 Å². The van der Waals surface area contributed by atoms with E-state index < -0.39 is 0 Å². The smallest absolute Gasteiger partial charge is 0.126 e. The summed E-state index contributed by atoms with van der Waals surface area (Å²) in [4.78, 5) is 6.77. The minimum Gasteiger partial charge on any atom is -0.377 e. The third kappa shape index (κ3) is 5.98. The van der Waals surface area contributed by atoms with Crippen molar-refractivity contribution < 1.29 is 4.74 Å². The number of ether oxygens (including phenoxy) is 1. The second kappa shape index (κ2) is 8.06. The Bertz CT molecular complexity index is 342. The highest BCUT2D eigenvalue weighted by Crippen LogP contribution is 2.06. The van der Waals surface area contributed by atoms with E-state index in [0.29, 0.717) is 6.10 Å². The number of hydrogen-bond donors (Lipinski definition) is 1. The zero-order chi connectivity index (χ0) is 13.4. The summed E-state index contributed by atoms with van der Waals surface area (Å²) in [6, 6.07) is 6.09. The van der Waals surface area contributed by atoms with Crippen LogP contribution in [0.3, 0.4) is 0 Å². The van der Waals surface area contributed by atoms with Crippen molar-refractivity contribution in [3.05, 3.63) is 23.9 Å². The van der Waals surface area contributed by atoms with Gasteiger partial charge in [0, 0.05) is 19.6 Å². The van der Waals surface area contributed by atoms with Gasteiger partial charge in [-0.2, -0.15) is 0 Å². The van der Waals surface area contributed by atoms with Crippen molar-refractivity contribution >= 4 is 5.82 Å². The van der Waals surface area contributed by atoms with Crippen molar-refractivity contribution in [3.63, 3.8) is 0 Å². The summed E-state index contributed by atoms with van der Waals surface area (Å²) < 4.78 is 5.54. The van der Waals surface area contributed by atoms with E-state index in [-0.39, 0.29) is 0 Å². The number of rotatable bonds is 8. The van der Waals surface area contributed by atoms with Gasteiger partial charge < -0.3 is 10.1 Å². The Morgan fingerprint density at radius 3 is 2.83 bits per heavy atom. The molecule has 18 heavy (non-hydrogen) atoms. The largest absolute Gasteiger partial charge is 0.377 e. The summed E-state index contributed by atoms with van der Waals surface area (Å²) in [6.45, 7) is 9.62. The first-order valence-electron chi connectivity index (χ1n) is 6.61. The fraction of sp³-hybridized carbons (Fsp3) is 0.643. The van der Waals surface area contributed by atoms with Gasteiger partial charge in [0.2, 0.25) is 0 Å². The SMILES string of the molecule is CCNc1cccc(CN(C)CCOC(C)C)n1. The molecule has 1 N–H and O–H groups in total. The van der Waals surface area contributed by atoms with Crippen LogP contribution in [0.25, 0.3) is 0 Å². The van der Waals surface area contributed by atoms with Gasteiger partial charge in [-0.1, -0.05) is 6.07 Å². The molecule has 1 aromatic rings. The normalized spacial score (nSPS) is 11.2. The second-order valence-electron chi connectivity index (χ2n) is 4.70. The van der Waals surface area contributed by atoms with Gasteiger partial charge in [0.05, 0.1) is 18.4 Å². The van der Waals surface area contributed by atoms with Gasteiger partial charge in [-0.25, -0.2) is 4.98 Å². The Morgan fingerprint density at radius 1 is 1.39 bits per heavy atom. The Hall–Kier alpha value is -1.13. The fourth-order valence-electron chi connectivity index (χ4n) is 1.65. The zero-order valence-corrected chi connectivity index (χ0v) is 11.9. The predicted molar refractivity (Wildman–Crippen MR) is 75.8 cm³/mol. The quantitative estimate of drug-likeness (QED) is 0.769. The van der Waals surface area contributed by atoms with Crippen LogP contribution in [-0.4, -0.2) is 42.7 Å². The van der Waals surface area contributed by atoms with Crippen molar-refractivity contribution in [3.8, 4) is 0 Å². The number of nitrogens with one attached hydrogen (secondary N) is 1. The van der Waals surface area contributed by atoms with E-state index in [1.807, 2.05) is 12.1 Å². The lowest BCUT2D eigenvalue weighted by atomic mass is 10.3. The molecule has 1 heterocycles. The van der Waals surface area contributed by atoms with Crippen LogP contribution in [0.4, 0.5) is 5.82 Å². The van der Waals surface area contributed by atoms with Crippen LogP contribution in [-0.2, 0) is 11.3 Å². The Morgan fingerprint density at radius 2 is 2.17 bits per heavy atom. The zero-order valence-electron chi connectivity index (χ0n) is 11.9. The Labute approximate surface area is 110 Å². The summed E-state index contributed by atoms with van der Waals surface area (Å²) in [5, 5.41) is 3.22. The molecule has 0 aliphatic rings. The maximum Gasteiger partial charge on any atom is 0.126 e. The molecule has 0 aliphatic heterocycles. The maximum atomic E-state index is 5.54. The highest BCUT2D eigenvalue weighted by atomic mass is 16.5. The van der Waals surface area contributed by atoms with Crippen LogP contribution < -0.4 is 5.32 Å². The van der Waals surface area contributed by atoms with Gasteiger partial charge in [-0.3, -0.25) is 4.90 Å². The molecule has 0 unspecified atom stereocenters. The lowest BCUT2D eigenvalue weighted by Crippen LogP contribution is -2.24. The van der Waals surface area contributed by atoms with Crippen LogP contribution in [0.15, 0.2) is 18.2 Å². The van der Waals surface area contributed by atoms with E-state index >= 15 is 0 Å². The maximum absolute atomic E-state index is 5.54. The van der Waals surface area contributed by atoms with E-state index in [1.54, 1.807) is 0 Å². The van der Waals surface area contributed by atoms with E-state index in [1.165, 1.54) is 0 Å². The van der Waals surface area contributed by atoms with Gasteiger partial charge in [-0.05, 0) is 40.0 Å². The van der Waals surface area contributed by atoms with Crippen molar-refractivity contribution in [1.29, 1.82) is 0 Å². The van der Waals surface area contributed by atoms with E-state index in [0.717, 1.165) is 37.8 Å².